The highest BCUT2D eigenvalue weighted by Gasteiger charge is 2.12. The van der Waals surface area contributed by atoms with Gasteiger partial charge in [0.05, 0.1) is 6.54 Å². The summed E-state index contributed by atoms with van der Waals surface area (Å²) in [6, 6.07) is 19.2. The summed E-state index contributed by atoms with van der Waals surface area (Å²) in [7, 11) is 0. The van der Waals surface area contributed by atoms with E-state index in [1.807, 2.05) is 6.92 Å². The van der Waals surface area contributed by atoms with E-state index in [9.17, 15) is 4.79 Å². The van der Waals surface area contributed by atoms with Crippen LogP contribution in [0.25, 0.3) is 32.3 Å². The molecule has 0 aliphatic rings. The van der Waals surface area contributed by atoms with Crippen LogP contribution in [0.3, 0.4) is 0 Å². The van der Waals surface area contributed by atoms with Crippen LogP contribution in [0.4, 0.5) is 5.82 Å². The van der Waals surface area contributed by atoms with Gasteiger partial charge in [0.1, 0.15) is 5.82 Å². The van der Waals surface area contributed by atoms with Crippen molar-refractivity contribution in [3.05, 3.63) is 82.4 Å². The zero-order valence-corrected chi connectivity index (χ0v) is 14.4. The zero-order valence-electron chi connectivity index (χ0n) is 14.4. The number of hydrogen-bond acceptors (Lipinski definition) is 3. The Kier molecular flexibility index (Phi) is 3.04. The van der Waals surface area contributed by atoms with Crippen molar-refractivity contribution in [1.29, 1.82) is 0 Å². The van der Waals surface area contributed by atoms with Gasteiger partial charge in [-0.3, -0.25) is 4.57 Å². The van der Waals surface area contributed by atoms with Crippen molar-refractivity contribution in [1.82, 2.24) is 9.55 Å². The van der Waals surface area contributed by atoms with Crippen molar-refractivity contribution >= 4 is 38.1 Å². The van der Waals surface area contributed by atoms with Crippen LogP contribution in [0.5, 0.6) is 0 Å². The van der Waals surface area contributed by atoms with Gasteiger partial charge in [-0.1, -0.05) is 54.6 Å². The first-order valence-corrected chi connectivity index (χ1v) is 8.61. The maximum Gasteiger partial charge on any atom is 0.349 e. The lowest BCUT2D eigenvalue weighted by Crippen LogP contribution is -2.24. The molecule has 5 aromatic rings. The highest BCUT2D eigenvalue weighted by atomic mass is 16.1. The summed E-state index contributed by atoms with van der Waals surface area (Å²) in [5.74, 6) is 0.293. The number of nitrogens with two attached hydrogens (primary N) is 1. The van der Waals surface area contributed by atoms with Crippen LogP contribution in [-0.2, 0) is 6.54 Å². The predicted molar refractivity (Wildman–Crippen MR) is 107 cm³/mol. The molecule has 0 atom stereocenters. The maximum atomic E-state index is 12.2. The van der Waals surface area contributed by atoms with Gasteiger partial charge < -0.3 is 5.73 Å². The molecule has 1 heterocycles. The second-order valence-corrected chi connectivity index (χ2v) is 6.80. The third kappa shape index (κ3) is 2.09. The van der Waals surface area contributed by atoms with Crippen LogP contribution < -0.4 is 11.4 Å². The molecule has 0 fully saturated rings. The van der Waals surface area contributed by atoms with Crippen LogP contribution in [0.1, 0.15) is 11.1 Å². The first kappa shape index (κ1) is 14.9. The lowest BCUT2D eigenvalue weighted by molar-refractivity contribution is 0.728. The number of nitrogen functional groups attached to an aromatic ring is 1. The second kappa shape index (κ2) is 5.30. The van der Waals surface area contributed by atoms with Gasteiger partial charge in [-0.25, -0.2) is 4.79 Å². The predicted octanol–water partition coefficient (Wildman–Crippen LogP) is 4.08. The first-order chi connectivity index (χ1) is 12.6. The average Bonchev–Trinajstić information content (AvgIpc) is 2.65. The van der Waals surface area contributed by atoms with Crippen LogP contribution in [0.15, 0.2) is 65.6 Å². The minimum absolute atomic E-state index is 0.293. The Morgan fingerprint density at radius 2 is 1.58 bits per heavy atom. The number of nitrogens with zero attached hydrogens (tertiary/aromatic N) is 2. The van der Waals surface area contributed by atoms with Crippen molar-refractivity contribution in [2.45, 2.75) is 13.5 Å². The van der Waals surface area contributed by atoms with Gasteiger partial charge in [-0.05, 0) is 44.8 Å². The van der Waals surface area contributed by atoms with E-state index in [0.717, 1.165) is 11.1 Å². The molecule has 26 heavy (non-hydrogen) atoms. The number of aromatic nitrogens is 2. The minimum atomic E-state index is -0.321. The third-order valence-electron chi connectivity index (χ3n) is 5.17. The molecule has 0 saturated heterocycles. The standard InChI is InChI=1S/C22H17N3O/c1-13-11-25(22(26)24-21(13)23)12-17-8-7-16-6-5-14-3-2-4-15-9-10-18(17)20(16)19(14)15/h2-11H,12H2,1H3,(H2,23,24,26). The summed E-state index contributed by atoms with van der Waals surface area (Å²) < 4.78 is 1.62. The van der Waals surface area contributed by atoms with Gasteiger partial charge >= 0.3 is 5.69 Å². The van der Waals surface area contributed by atoms with Crippen LogP contribution >= 0.6 is 0 Å². The van der Waals surface area contributed by atoms with Gasteiger partial charge in [-0.15, -0.1) is 0 Å². The highest BCUT2D eigenvalue weighted by molar-refractivity contribution is 6.23. The molecule has 0 unspecified atom stereocenters. The minimum Gasteiger partial charge on any atom is -0.383 e. The smallest absolute Gasteiger partial charge is 0.349 e. The lowest BCUT2D eigenvalue weighted by Gasteiger charge is -2.15. The topological polar surface area (TPSA) is 60.9 Å². The number of benzene rings is 4. The van der Waals surface area contributed by atoms with Crippen LogP contribution in [-0.4, -0.2) is 9.55 Å². The summed E-state index contributed by atoms with van der Waals surface area (Å²) in [6.07, 6.45) is 1.78. The molecule has 2 N–H and O–H groups in total. The molecule has 0 bridgehead atoms. The third-order valence-corrected chi connectivity index (χ3v) is 5.17. The summed E-state index contributed by atoms with van der Waals surface area (Å²) >= 11 is 0. The zero-order chi connectivity index (χ0) is 17.8. The van der Waals surface area contributed by atoms with Crippen molar-refractivity contribution < 1.29 is 0 Å². The lowest BCUT2D eigenvalue weighted by atomic mass is 9.92. The molecule has 0 aliphatic carbocycles. The quantitative estimate of drug-likeness (QED) is 0.493. The van der Waals surface area contributed by atoms with Crippen molar-refractivity contribution in [3.8, 4) is 0 Å². The molecule has 0 amide bonds. The number of anilines is 1. The number of aryl methyl sites for hydroxylation is 1. The van der Waals surface area contributed by atoms with Crippen molar-refractivity contribution in [2.24, 2.45) is 0 Å². The van der Waals surface area contributed by atoms with Gasteiger partial charge in [0, 0.05) is 11.8 Å². The molecular weight excluding hydrogens is 322 g/mol. The van der Waals surface area contributed by atoms with Gasteiger partial charge in [0.2, 0.25) is 0 Å². The van der Waals surface area contributed by atoms with E-state index < -0.39 is 0 Å². The van der Waals surface area contributed by atoms with E-state index in [1.165, 1.54) is 32.3 Å². The van der Waals surface area contributed by atoms with Crippen LogP contribution in [0.2, 0.25) is 0 Å². The summed E-state index contributed by atoms with van der Waals surface area (Å²) in [5.41, 5.74) is 7.34. The maximum absolute atomic E-state index is 12.2. The highest BCUT2D eigenvalue weighted by Crippen LogP contribution is 2.36. The van der Waals surface area contributed by atoms with E-state index in [2.05, 4.69) is 59.6 Å². The summed E-state index contributed by atoms with van der Waals surface area (Å²) in [5, 5.41) is 7.40. The molecule has 0 aliphatic heterocycles. The van der Waals surface area contributed by atoms with Crippen molar-refractivity contribution in [3.63, 3.8) is 0 Å². The van der Waals surface area contributed by atoms with E-state index >= 15 is 0 Å². The Bertz CT molecular complexity index is 1340. The molecule has 4 aromatic carbocycles. The molecule has 0 saturated carbocycles. The van der Waals surface area contributed by atoms with E-state index in [-0.39, 0.29) is 5.69 Å². The van der Waals surface area contributed by atoms with Gasteiger partial charge in [0.15, 0.2) is 0 Å². The Morgan fingerprint density at radius 1 is 0.923 bits per heavy atom. The van der Waals surface area contributed by atoms with Crippen LogP contribution in [0, 0.1) is 6.92 Å². The van der Waals surface area contributed by atoms with Crippen molar-refractivity contribution in [2.75, 3.05) is 5.73 Å². The fourth-order valence-electron chi connectivity index (χ4n) is 3.84. The van der Waals surface area contributed by atoms with E-state index in [0.29, 0.717) is 12.4 Å². The number of hydrogen-bond donors (Lipinski definition) is 1. The van der Waals surface area contributed by atoms with Gasteiger partial charge in [-0.2, -0.15) is 4.98 Å². The summed E-state index contributed by atoms with van der Waals surface area (Å²) in [6.45, 7) is 2.34. The molecule has 5 rings (SSSR count). The molecule has 126 valence electrons. The normalized spacial score (nSPS) is 11.7. The Morgan fingerprint density at radius 3 is 2.35 bits per heavy atom. The fraction of sp³-hybridized carbons (Fsp3) is 0.0909. The Balaban J connectivity index is 1.79. The molecule has 0 spiro atoms. The van der Waals surface area contributed by atoms with Gasteiger partial charge in [0.25, 0.3) is 0 Å². The second-order valence-electron chi connectivity index (χ2n) is 6.80. The monoisotopic (exact) mass is 339 g/mol. The molecule has 4 heteroatoms. The van der Waals surface area contributed by atoms with E-state index in [1.54, 1.807) is 10.8 Å². The Hall–Kier alpha value is -3.40. The molecule has 1 aromatic heterocycles. The molecular formula is C22H17N3O. The molecule has 4 nitrogen and oxygen atoms in total. The first-order valence-electron chi connectivity index (χ1n) is 8.61. The Labute approximate surface area is 149 Å². The summed E-state index contributed by atoms with van der Waals surface area (Å²) in [4.78, 5) is 16.2. The number of rotatable bonds is 2. The van der Waals surface area contributed by atoms with E-state index in [4.69, 9.17) is 5.73 Å². The largest absolute Gasteiger partial charge is 0.383 e. The fourth-order valence-corrected chi connectivity index (χ4v) is 3.84. The SMILES string of the molecule is Cc1cn(Cc2ccc3ccc4cccc5ccc2c3c45)c(=O)nc1N. The average molecular weight is 339 g/mol. The molecule has 0 radical (unpaired) electrons.